The maximum Gasteiger partial charge on any atom is 0.338 e. The number of nitrogens with zero attached hydrogens (tertiary/aromatic N) is 3. The fraction of sp³-hybridized carbons (Fsp3) is 0.296. The van der Waals surface area contributed by atoms with Crippen molar-refractivity contribution < 1.29 is 19.0 Å². The number of aromatic nitrogens is 1. The predicted molar refractivity (Wildman–Crippen MR) is 156 cm³/mol. The van der Waals surface area contributed by atoms with Crippen molar-refractivity contribution in [3.63, 3.8) is 0 Å². The number of hydrogen-bond donors (Lipinski definition) is 0. The van der Waals surface area contributed by atoms with Crippen molar-refractivity contribution in [2.75, 3.05) is 39.8 Å². The molecule has 38 heavy (non-hydrogen) atoms. The van der Waals surface area contributed by atoms with E-state index in [1.807, 2.05) is 43.3 Å². The first kappa shape index (κ1) is 28.1. The molecule has 1 aromatic heterocycles. The molecule has 1 atom stereocenters. The molecule has 8 nitrogen and oxygen atoms in total. The van der Waals surface area contributed by atoms with Crippen molar-refractivity contribution in [2.24, 2.45) is 4.99 Å². The lowest BCUT2D eigenvalue weighted by atomic mass is 9.95. The summed E-state index contributed by atoms with van der Waals surface area (Å²) in [5.41, 5.74) is 3.04. The third-order valence-electron chi connectivity index (χ3n) is 6.07. The number of allylic oxidation sites excluding steroid dienone is 1. The molecule has 0 N–H and O–H groups in total. The Kier molecular flexibility index (Phi) is 8.49. The van der Waals surface area contributed by atoms with Gasteiger partial charge in [0.25, 0.3) is 5.56 Å². The summed E-state index contributed by atoms with van der Waals surface area (Å²) in [6, 6.07) is 8.64. The smallest absolute Gasteiger partial charge is 0.338 e. The SMILES string of the molecule is CCOC(=O)C1=C(C)N=c2s/c(=C\c3ccc(N(C)C)c(Br)c3)c(=O)n2[C@H]1c1cc(OC)c(OC)cc1Br. The molecule has 0 saturated carbocycles. The number of thiazole rings is 1. The molecule has 11 heteroatoms. The highest BCUT2D eigenvalue weighted by atomic mass is 79.9. The Balaban J connectivity index is 1.98. The highest BCUT2D eigenvalue weighted by molar-refractivity contribution is 9.11. The summed E-state index contributed by atoms with van der Waals surface area (Å²) in [7, 11) is 7.01. The van der Waals surface area contributed by atoms with Crippen LogP contribution < -0.4 is 29.3 Å². The molecule has 4 rings (SSSR count). The van der Waals surface area contributed by atoms with Gasteiger partial charge in [-0.1, -0.05) is 33.3 Å². The number of halogens is 2. The second-order valence-corrected chi connectivity index (χ2v) is 11.4. The van der Waals surface area contributed by atoms with E-state index in [2.05, 4.69) is 36.9 Å². The largest absolute Gasteiger partial charge is 0.493 e. The number of anilines is 1. The summed E-state index contributed by atoms with van der Waals surface area (Å²) < 4.78 is 20.0. The van der Waals surface area contributed by atoms with Gasteiger partial charge in [-0.25, -0.2) is 9.79 Å². The second-order valence-electron chi connectivity index (χ2n) is 8.64. The minimum Gasteiger partial charge on any atom is -0.493 e. The maximum absolute atomic E-state index is 13.9. The number of carbonyl (C=O) groups excluding carboxylic acids is 1. The van der Waals surface area contributed by atoms with Crippen molar-refractivity contribution >= 4 is 60.9 Å². The maximum atomic E-state index is 13.9. The topological polar surface area (TPSA) is 82.4 Å². The lowest BCUT2D eigenvalue weighted by Gasteiger charge is -2.26. The van der Waals surface area contributed by atoms with Crippen molar-refractivity contribution in [2.45, 2.75) is 19.9 Å². The summed E-state index contributed by atoms with van der Waals surface area (Å²) in [5, 5.41) is 0. The number of ether oxygens (including phenoxy) is 3. The molecule has 0 unspecified atom stereocenters. The molecule has 0 aliphatic carbocycles. The lowest BCUT2D eigenvalue weighted by molar-refractivity contribution is -0.139. The molecule has 0 bridgehead atoms. The van der Waals surface area contributed by atoms with Gasteiger partial charge in [-0.3, -0.25) is 9.36 Å². The normalized spacial score (nSPS) is 15.2. The van der Waals surface area contributed by atoms with Gasteiger partial charge in [-0.05, 0) is 71.2 Å². The molecule has 1 aliphatic heterocycles. The van der Waals surface area contributed by atoms with Gasteiger partial charge in [-0.2, -0.15) is 0 Å². The van der Waals surface area contributed by atoms with Crippen molar-refractivity contribution in [3.8, 4) is 11.5 Å². The third-order valence-corrected chi connectivity index (χ3v) is 8.37. The van der Waals surface area contributed by atoms with Crippen molar-refractivity contribution in [3.05, 3.63) is 81.4 Å². The fourth-order valence-electron chi connectivity index (χ4n) is 4.29. The van der Waals surface area contributed by atoms with Gasteiger partial charge in [-0.15, -0.1) is 0 Å². The van der Waals surface area contributed by atoms with Crippen LogP contribution in [0.2, 0.25) is 0 Å². The number of rotatable bonds is 7. The van der Waals surface area contributed by atoms with Crippen LogP contribution in [0.4, 0.5) is 5.69 Å². The van der Waals surface area contributed by atoms with Crippen LogP contribution in [0.15, 0.2) is 60.3 Å². The minimum absolute atomic E-state index is 0.192. The van der Waals surface area contributed by atoms with Crippen LogP contribution in [-0.2, 0) is 9.53 Å². The Labute approximate surface area is 241 Å². The molecule has 2 aromatic carbocycles. The zero-order valence-electron chi connectivity index (χ0n) is 21.8. The average molecular weight is 665 g/mol. The minimum atomic E-state index is -0.788. The monoisotopic (exact) mass is 663 g/mol. The Bertz CT molecular complexity index is 1620. The summed E-state index contributed by atoms with van der Waals surface area (Å²) in [6.07, 6.45) is 1.83. The number of methoxy groups -OCH3 is 2. The van der Waals surface area contributed by atoms with Crippen LogP contribution in [0.1, 0.15) is 31.0 Å². The van der Waals surface area contributed by atoms with Crippen LogP contribution in [0, 0.1) is 0 Å². The zero-order valence-corrected chi connectivity index (χ0v) is 25.8. The number of carbonyl (C=O) groups is 1. The van der Waals surface area contributed by atoms with Crippen LogP contribution in [0.25, 0.3) is 6.08 Å². The molecule has 0 saturated heterocycles. The molecule has 0 amide bonds. The van der Waals surface area contributed by atoms with Crippen LogP contribution >= 0.6 is 43.2 Å². The molecule has 200 valence electrons. The zero-order chi connectivity index (χ0) is 27.7. The van der Waals surface area contributed by atoms with Gasteiger partial charge in [0, 0.05) is 23.0 Å². The van der Waals surface area contributed by atoms with Gasteiger partial charge in [0.15, 0.2) is 16.3 Å². The summed E-state index contributed by atoms with van der Waals surface area (Å²) >= 11 is 8.50. The van der Waals surface area contributed by atoms with Crippen molar-refractivity contribution in [1.82, 2.24) is 4.57 Å². The van der Waals surface area contributed by atoms with Gasteiger partial charge < -0.3 is 19.1 Å². The molecule has 2 heterocycles. The standard InChI is InChI=1S/C27H27Br2N3O5S/c1-7-37-26(34)23-14(2)30-27-32(24(23)16-12-20(35-5)21(36-6)13-17(16)28)25(33)22(38-27)11-15-8-9-19(31(3)4)18(29)10-15/h8-13,24H,7H2,1-6H3/b22-11-/t24-/m0/s1. The number of hydrogen-bond acceptors (Lipinski definition) is 8. The fourth-order valence-corrected chi connectivity index (χ4v) is 6.63. The van der Waals surface area contributed by atoms with Gasteiger partial charge >= 0.3 is 5.97 Å². The summed E-state index contributed by atoms with van der Waals surface area (Å²) in [6.45, 7) is 3.68. The van der Waals surface area contributed by atoms with E-state index in [9.17, 15) is 9.59 Å². The van der Waals surface area contributed by atoms with E-state index in [1.54, 1.807) is 37.7 Å². The highest BCUT2D eigenvalue weighted by Gasteiger charge is 2.35. The van der Waals surface area contributed by atoms with E-state index in [-0.39, 0.29) is 17.7 Å². The Morgan fingerprint density at radius 3 is 2.42 bits per heavy atom. The lowest BCUT2D eigenvalue weighted by Crippen LogP contribution is -2.40. The third kappa shape index (κ3) is 5.19. The van der Waals surface area contributed by atoms with E-state index >= 15 is 0 Å². The molecular weight excluding hydrogens is 638 g/mol. The first-order valence-electron chi connectivity index (χ1n) is 11.7. The molecule has 3 aromatic rings. The average Bonchev–Trinajstić information content (AvgIpc) is 3.17. The van der Waals surface area contributed by atoms with E-state index in [4.69, 9.17) is 14.2 Å². The van der Waals surface area contributed by atoms with E-state index in [0.29, 0.717) is 36.6 Å². The van der Waals surface area contributed by atoms with E-state index in [1.165, 1.54) is 18.4 Å². The number of fused-ring (bicyclic) bond motifs is 1. The van der Waals surface area contributed by atoms with Gasteiger partial charge in [0.2, 0.25) is 0 Å². The molecule has 0 radical (unpaired) electrons. The highest BCUT2D eigenvalue weighted by Crippen LogP contribution is 2.40. The van der Waals surface area contributed by atoms with Crippen LogP contribution in [0.5, 0.6) is 11.5 Å². The number of esters is 1. The molecular formula is C27H27Br2N3O5S. The predicted octanol–water partition coefficient (Wildman–Crippen LogP) is 4.41. The Morgan fingerprint density at radius 1 is 1.13 bits per heavy atom. The van der Waals surface area contributed by atoms with E-state index in [0.717, 1.165) is 15.7 Å². The second kappa shape index (κ2) is 11.5. The first-order valence-corrected chi connectivity index (χ1v) is 14.1. The number of benzene rings is 2. The first-order chi connectivity index (χ1) is 18.1. The Hall–Kier alpha value is -2.89. The van der Waals surface area contributed by atoms with Crippen LogP contribution in [0.3, 0.4) is 0 Å². The molecule has 0 spiro atoms. The molecule has 0 fully saturated rings. The van der Waals surface area contributed by atoms with Crippen molar-refractivity contribution in [1.29, 1.82) is 0 Å². The molecule has 1 aliphatic rings. The summed E-state index contributed by atoms with van der Waals surface area (Å²) in [5.74, 6) is 0.454. The van der Waals surface area contributed by atoms with Gasteiger partial charge in [0.1, 0.15) is 0 Å². The summed E-state index contributed by atoms with van der Waals surface area (Å²) in [4.78, 5) is 34.2. The van der Waals surface area contributed by atoms with Crippen LogP contribution in [-0.4, -0.2) is 45.5 Å². The van der Waals surface area contributed by atoms with E-state index < -0.39 is 12.0 Å². The Morgan fingerprint density at radius 2 is 1.82 bits per heavy atom. The van der Waals surface area contributed by atoms with Gasteiger partial charge in [0.05, 0.1) is 48.4 Å². The quantitative estimate of drug-likeness (QED) is 0.348.